The van der Waals surface area contributed by atoms with Gasteiger partial charge in [0.2, 0.25) is 0 Å². The molecule has 2 aliphatic heterocycles. The van der Waals surface area contributed by atoms with Crippen LogP contribution < -0.4 is 0 Å². The molecular formula is C18H28N2. The Morgan fingerprint density at radius 2 is 1.55 bits per heavy atom. The van der Waals surface area contributed by atoms with Crippen molar-refractivity contribution < 1.29 is 0 Å². The van der Waals surface area contributed by atoms with Gasteiger partial charge in [0.15, 0.2) is 0 Å². The molecule has 3 rings (SSSR count). The Kier molecular flexibility index (Phi) is 3.87. The maximum Gasteiger partial charge on any atom is 0.0626 e. The fourth-order valence-corrected chi connectivity index (χ4v) is 3.62. The van der Waals surface area contributed by atoms with E-state index in [-0.39, 0.29) is 5.41 Å². The number of nitrogens with zero attached hydrogens (tertiary/aromatic N) is 2. The Labute approximate surface area is 123 Å². The van der Waals surface area contributed by atoms with Gasteiger partial charge in [-0.25, -0.2) is 0 Å². The third-order valence-electron chi connectivity index (χ3n) is 4.92. The summed E-state index contributed by atoms with van der Waals surface area (Å²) in [5, 5.41) is 0. The summed E-state index contributed by atoms with van der Waals surface area (Å²) in [5.41, 5.74) is 3.19. The Bertz CT molecular complexity index is 427. The molecule has 0 aromatic heterocycles. The van der Waals surface area contributed by atoms with E-state index in [9.17, 15) is 0 Å². The SMILES string of the molecule is CC(C)(C)c1ccc(CCC2N3CCCN2CC3)cc1. The standard InChI is InChI=1S/C18H28N2/c1-18(2,3)16-8-5-15(6-9-16)7-10-17-19-11-4-12-20(17)14-13-19/h5-6,8-9,17H,4,7,10-14H2,1-3H3. The molecule has 1 aromatic carbocycles. The number of hydrogen-bond acceptors (Lipinski definition) is 2. The van der Waals surface area contributed by atoms with E-state index in [0.29, 0.717) is 6.17 Å². The van der Waals surface area contributed by atoms with Crippen molar-refractivity contribution in [2.24, 2.45) is 0 Å². The predicted molar refractivity (Wildman–Crippen MR) is 85.0 cm³/mol. The van der Waals surface area contributed by atoms with Crippen LogP contribution in [-0.2, 0) is 11.8 Å². The van der Waals surface area contributed by atoms with Crippen LogP contribution in [0, 0.1) is 0 Å². The van der Waals surface area contributed by atoms with Gasteiger partial charge in [0.25, 0.3) is 0 Å². The van der Waals surface area contributed by atoms with Gasteiger partial charge in [0, 0.05) is 26.2 Å². The number of hydrogen-bond donors (Lipinski definition) is 0. The third-order valence-corrected chi connectivity index (χ3v) is 4.92. The topological polar surface area (TPSA) is 6.48 Å². The minimum atomic E-state index is 0.262. The van der Waals surface area contributed by atoms with Gasteiger partial charge in [0.1, 0.15) is 0 Å². The summed E-state index contributed by atoms with van der Waals surface area (Å²) in [4.78, 5) is 5.35. The molecule has 2 saturated heterocycles. The number of rotatable bonds is 3. The fraction of sp³-hybridized carbons (Fsp3) is 0.667. The molecule has 2 heterocycles. The monoisotopic (exact) mass is 272 g/mol. The van der Waals surface area contributed by atoms with E-state index in [1.54, 1.807) is 0 Å². The average Bonchev–Trinajstić information content (AvgIpc) is 2.64. The smallest absolute Gasteiger partial charge is 0.0626 e. The van der Waals surface area contributed by atoms with E-state index in [1.165, 1.54) is 56.6 Å². The van der Waals surface area contributed by atoms with Crippen molar-refractivity contribution in [2.45, 2.75) is 51.6 Å². The molecule has 2 unspecified atom stereocenters. The van der Waals surface area contributed by atoms with E-state index >= 15 is 0 Å². The highest BCUT2D eigenvalue weighted by molar-refractivity contribution is 5.27. The first-order valence-corrected chi connectivity index (χ1v) is 8.11. The zero-order valence-corrected chi connectivity index (χ0v) is 13.2. The van der Waals surface area contributed by atoms with Gasteiger partial charge >= 0.3 is 0 Å². The molecule has 2 fully saturated rings. The van der Waals surface area contributed by atoms with Crippen molar-refractivity contribution in [2.75, 3.05) is 26.2 Å². The first kappa shape index (κ1) is 14.1. The molecule has 0 amide bonds. The summed E-state index contributed by atoms with van der Waals surface area (Å²) in [6.45, 7) is 12.0. The quantitative estimate of drug-likeness (QED) is 0.833. The number of fused-ring (bicyclic) bond motifs is 2. The number of benzene rings is 1. The highest BCUT2D eigenvalue weighted by Crippen LogP contribution is 2.25. The lowest BCUT2D eigenvalue weighted by Crippen LogP contribution is -2.44. The van der Waals surface area contributed by atoms with E-state index in [2.05, 4.69) is 54.8 Å². The van der Waals surface area contributed by atoms with Gasteiger partial charge in [0.05, 0.1) is 6.17 Å². The summed E-state index contributed by atoms with van der Waals surface area (Å²) in [7, 11) is 0. The second-order valence-electron chi connectivity index (χ2n) is 7.39. The second kappa shape index (κ2) is 5.50. The normalized spacial score (nSPS) is 29.6. The van der Waals surface area contributed by atoms with Gasteiger partial charge in [-0.15, -0.1) is 0 Å². The molecule has 2 bridgehead atoms. The summed E-state index contributed by atoms with van der Waals surface area (Å²) >= 11 is 0. The van der Waals surface area contributed by atoms with Gasteiger partial charge in [-0.3, -0.25) is 9.80 Å². The van der Waals surface area contributed by atoms with E-state index in [1.807, 2.05) is 0 Å². The summed E-state index contributed by atoms with van der Waals surface area (Å²) in [6.07, 6.45) is 4.57. The van der Waals surface area contributed by atoms with Crippen LogP contribution in [0.1, 0.15) is 44.7 Å². The van der Waals surface area contributed by atoms with Crippen molar-refractivity contribution in [1.82, 2.24) is 9.80 Å². The van der Waals surface area contributed by atoms with Gasteiger partial charge in [-0.1, -0.05) is 45.0 Å². The molecule has 0 spiro atoms. The van der Waals surface area contributed by atoms with Crippen LogP contribution in [0.2, 0.25) is 0 Å². The van der Waals surface area contributed by atoms with Gasteiger partial charge < -0.3 is 0 Å². The lowest BCUT2D eigenvalue weighted by Gasteiger charge is -2.35. The highest BCUT2D eigenvalue weighted by Gasteiger charge is 2.33. The van der Waals surface area contributed by atoms with Crippen molar-refractivity contribution in [3.63, 3.8) is 0 Å². The Morgan fingerprint density at radius 1 is 0.950 bits per heavy atom. The van der Waals surface area contributed by atoms with Crippen molar-refractivity contribution >= 4 is 0 Å². The zero-order chi connectivity index (χ0) is 14.2. The van der Waals surface area contributed by atoms with Gasteiger partial charge in [-0.05, 0) is 35.8 Å². The molecule has 0 aliphatic carbocycles. The molecule has 2 aliphatic rings. The summed E-state index contributed by atoms with van der Waals surface area (Å²) in [5.74, 6) is 0. The summed E-state index contributed by atoms with van der Waals surface area (Å²) in [6, 6.07) is 9.28. The van der Waals surface area contributed by atoms with Crippen LogP contribution in [0.3, 0.4) is 0 Å². The van der Waals surface area contributed by atoms with E-state index in [4.69, 9.17) is 0 Å². The Balaban J connectivity index is 1.59. The van der Waals surface area contributed by atoms with Crippen LogP contribution >= 0.6 is 0 Å². The minimum Gasteiger partial charge on any atom is -0.287 e. The maximum atomic E-state index is 2.67. The molecule has 2 atom stereocenters. The summed E-state index contributed by atoms with van der Waals surface area (Å²) < 4.78 is 0. The molecule has 0 saturated carbocycles. The molecule has 0 N–H and O–H groups in total. The van der Waals surface area contributed by atoms with Crippen molar-refractivity contribution in [3.8, 4) is 0 Å². The second-order valence-corrected chi connectivity index (χ2v) is 7.39. The van der Waals surface area contributed by atoms with Gasteiger partial charge in [-0.2, -0.15) is 0 Å². The molecule has 2 heteroatoms. The molecule has 0 radical (unpaired) electrons. The van der Waals surface area contributed by atoms with Crippen LogP contribution in [0.5, 0.6) is 0 Å². The highest BCUT2D eigenvalue weighted by atomic mass is 15.4. The third kappa shape index (κ3) is 2.91. The lowest BCUT2D eigenvalue weighted by atomic mass is 9.86. The lowest BCUT2D eigenvalue weighted by molar-refractivity contribution is 0.0856. The van der Waals surface area contributed by atoms with Crippen LogP contribution in [-0.4, -0.2) is 42.1 Å². The minimum absolute atomic E-state index is 0.262. The van der Waals surface area contributed by atoms with E-state index in [0.717, 1.165) is 0 Å². The van der Waals surface area contributed by atoms with Crippen LogP contribution in [0.15, 0.2) is 24.3 Å². The van der Waals surface area contributed by atoms with E-state index < -0.39 is 0 Å². The molecule has 2 nitrogen and oxygen atoms in total. The van der Waals surface area contributed by atoms with Crippen LogP contribution in [0.4, 0.5) is 0 Å². The largest absolute Gasteiger partial charge is 0.287 e. The molecule has 110 valence electrons. The average molecular weight is 272 g/mol. The molecular weight excluding hydrogens is 244 g/mol. The molecule has 20 heavy (non-hydrogen) atoms. The Hall–Kier alpha value is -0.860. The predicted octanol–water partition coefficient (Wildman–Crippen LogP) is 3.26. The first-order valence-electron chi connectivity index (χ1n) is 8.11. The maximum absolute atomic E-state index is 2.67. The van der Waals surface area contributed by atoms with Crippen molar-refractivity contribution in [1.29, 1.82) is 0 Å². The Morgan fingerprint density at radius 3 is 2.10 bits per heavy atom. The van der Waals surface area contributed by atoms with Crippen LogP contribution in [0.25, 0.3) is 0 Å². The number of aryl methyl sites for hydroxylation is 1. The fourth-order valence-electron chi connectivity index (χ4n) is 3.62. The molecule has 1 aromatic rings. The first-order chi connectivity index (χ1) is 9.54. The van der Waals surface area contributed by atoms with Crippen molar-refractivity contribution in [3.05, 3.63) is 35.4 Å². The zero-order valence-electron chi connectivity index (χ0n) is 13.2.